The molecular weight excluding hydrogens is 349 g/mol. The molecule has 1 saturated heterocycles. The van der Waals surface area contributed by atoms with Gasteiger partial charge in [0.05, 0.1) is 23.1 Å². The Morgan fingerprint density at radius 3 is 2.23 bits per heavy atom. The summed E-state index contributed by atoms with van der Waals surface area (Å²) < 4.78 is 39.0. The van der Waals surface area contributed by atoms with E-state index in [1.165, 1.54) is 12.1 Å². The minimum atomic E-state index is -4.61. The Morgan fingerprint density at radius 1 is 1.08 bits per heavy atom. The third kappa shape index (κ3) is 2.59. The van der Waals surface area contributed by atoms with Crippen LogP contribution >= 0.6 is 0 Å². The van der Waals surface area contributed by atoms with Crippen LogP contribution in [-0.4, -0.2) is 29.2 Å². The molecule has 1 aromatic rings. The van der Waals surface area contributed by atoms with E-state index in [9.17, 15) is 27.6 Å². The van der Waals surface area contributed by atoms with Crippen LogP contribution in [0.25, 0.3) is 0 Å². The monoisotopic (exact) mass is 366 g/mol. The molecule has 1 aromatic carbocycles. The summed E-state index contributed by atoms with van der Waals surface area (Å²) in [5.74, 6) is -1.83. The first-order chi connectivity index (χ1) is 12.3. The van der Waals surface area contributed by atoms with Crippen molar-refractivity contribution in [2.45, 2.75) is 25.4 Å². The standard InChI is InChI=1S/C18H17F3N2O3/c19-18(20,21)11-3-1-2-4-12(11)22-13(24)8-23-16(25)14-9-5-6-10(7-9)15(14)17(23)26/h1-4,9-10,14-15H,5-8H2,(H,22,24)/t9-,10-,14-,15+/m0/s1. The molecule has 0 unspecified atom stereocenters. The van der Waals surface area contributed by atoms with Gasteiger partial charge in [0.15, 0.2) is 0 Å². The lowest BCUT2D eigenvalue weighted by atomic mass is 9.81. The van der Waals surface area contributed by atoms with E-state index < -0.39 is 24.2 Å². The van der Waals surface area contributed by atoms with E-state index in [0.717, 1.165) is 36.3 Å². The first-order valence-electron chi connectivity index (χ1n) is 8.58. The Morgan fingerprint density at radius 2 is 1.65 bits per heavy atom. The van der Waals surface area contributed by atoms with Gasteiger partial charge in [-0.05, 0) is 43.2 Å². The Balaban J connectivity index is 1.48. The van der Waals surface area contributed by atoms with Crippen LogP contribution in [-0.2, 0) is 20.6 Å². The number of nitrogens with zero attached hydrogens (tertiary/aromatic N) is 1. The second-order valence-electron chi connectivity index (χ2n) is 7.24. The van der Waals surface area contributed by atoms with Crippen LogP contribution in [0.15, 0.2) is 24.3 Å². The average molecular weight is 366 g/mol. The number of amides is 3. The number of carbonyl (C=O) groups is 3. The maximum absolute atomic E-state index is 13.0. The molecule has 1 heterocycles. The number of carbonyl (C=O) groups excluding carboxylic acids is 3. The Hall–Kier alpha value is -2.38. The second-order valence-corrected chi connectivity index (χ2v) is 7.24. The molecule has 1 aliphatic heterocycles. The van der Waals surface area contributed by atoms with E-state index in [4.69, 9.17) is 0 Å². The number of imide groups is 1. The Labute approximate surface area is 147 Å². The van der Waals surface area contributed by atoms with Gasteiger partial charge in [0, 0.05) is 0 Å². The topological polar surface area (TPSA) is 66.5 Å². The van der Waals surface area contributed by atoms with E-state index in [1.807, 2.05) is 0 Å². The molecule has 2 bridgehead atoms. The SMILES string of the molecule is O=C(CN1C(=O)[C@@H]2[C@H]3CC[C@@H](C3)[C@@H]2C1=O)Nc1ccccc1C(F)(F)F. The Kier molecular flexibility index (Phi) is 3.82. The lowest BCUT2D eigenvalue weighted by molar-refractivity contribution is -0.143. The molecule has 5 nitrogen and oxygen atoms in total. The number of para-hydroxylation sites is 1. The van der Waals surface area contributed by atoms with E-state index in [1.54, 1.807) is 0 Å². The van der Waals surface area contributed by atoms with Gasteiger partial charge in [-0.3, -0.25) is 19.3 Å². The van der Waals surface area contributed by atoms with Crippen LogP contribution in [0.5, 0.6) is 0 Å². The average Bonchev–Trinajstić information content (AvgIpc) is 3.24. The minimum absolute atomic E-state index is 0.195. The zero-order chi connectivity index (χ0) is 18.6. The van der Waals surface area contributed by atoms with Gasteiger partial charge in [0.25, 0.3) is 0 Å². The highest BCUT2D eigenvalue weighted by Crippen LogP contribution is 2.56. The molecule has 2 saturated carbocycles. The summed E-state index contributed by atoms with van der Waals surface area (Å²) in [5.41, 5.74) is -1.35. The number of anilines is 1. The number of hydrogen-bond donors (Lipinski definition) is 1. The number of alkyl halides is 3. The van der Waals surface area contributed by atoms with Gasteiger partial charge < -0.3 is 5.32 Å². The zero-order valence-corrected chi connectivity index (χ0v) is 13.8. The van der Waals surface area contributed by atoms with E-state index in [2.05, 4.69) is 5.32 Å². The summed E-state index contributed by atoms with van der Waals surface area (Å²) in [7, 11) is 0. The predicted octanol–water partition coefficient (Wildman–Crippen LogP) is 2.68. The fraction of sp³-hybridized carbons (Fsp3) is 0.500. The second kappa shape index (κ2) is 5.82. The van der Waals surface area contributed by atoms with Gasteiger partial charge in [0.1, 0.15) is 6.54 Å². The number of fused-ring (bicyclic) bond motifs is 5. The number of nitrogens with one attached hydrogen (secondary N) is 1. The van der Waals surface area contributed by atoms with Gasteiger partial charge >= 0.3 is 6.18 Å². The normalized spacial score (nSPS) is 30.0. The van der Waals surface area contributed by atoms with Gasteiger partial charge in [-0.15, -0.1) is 0 Å². The summed E-state index contributed by atoms with van der Waals surface area (Å²) >= 11 is 0. The fourth-order valence-corrected chi connectivity index (χ4v) is 4.80. The summed E-state index contributed by atoms with van der Waals surface area (Å²) in [6.45, 7) is -0.545. The molecule has 8 heteroatoms. The lowest BCUT2D eigenvalue weighted by Gasteiger charge is -2.19. The third-order valence-electron chi connectivity index (χ3n) is 5.83. The van der Waals surface area contributed by atoms with Crippen molar-refractivity contribution in [3.63, 3.8) is 0 Å². The van der Waals surface area contributed by atoms with Crippen LogP contribution in [0, 0.1) is 23.7 Å². The van der Waals surface area contributed by atoms with Gasteiger partial charge in [0.2, 0.25) is 17.7 Å². The van der Waals surface area contributed by atoms with Crippen LogP contribution in [0.2, 0.25) is 0 Å². The molecule has 138 valence electrons. The quantitative estimate of drug-likeness (QED) is 0.837. The fourth-order valence-electron chi connectivity index (χ4n) is 4.80. The highest BCUT2D eigenvalue weighted by Gasteiger charge is 2.60. The number of benzene rings is 1. The molecule has 4 atom stereocenters. The highest BCUT2D eigenvalue weighted by atomic mass is 19.4. The van der Waals surface area contributed by atoms with Crippen molar-refractivity contribution >= 4 is 23.4 Å². The molecule has 4 rings (SSSR count). The summed E-state index contributed by atoms with van der Waals surface area (Å²) in [5, 5.41) is 2.18. The van der Waals surface area contributed by atoms with E-state index >= 15 is 0 Å². The first kappa shape index (κ1) is 17.1. The van der Waals surface area contributed by atoms with Crippen LogP contribution < -0.4 is 5.32 Å². The van der Waals surface area contributed by atoms with Crippen molar-refractivity contribution in [2.75, 3.05) is 11.9 Å². The van der Waals surface area contributed by atoms with Crippen molar-refractivity contribution in [1.82, 2.24) is 4.90 Å². The van der Waals surface area contributed by atoms with Crippen LogP contribution in [0.3, 0.4) is 0 Å². The molecule has 1 N–H and O–H groups in total. The largest absolute Gasteiger partial charge is 0.418 e. The molecule has 3 amide bonds. The highest BCUT2D eigenvalue weighted by molar-refractivity contribution is 6.09. The van der Waals surface area contributed by atoms with Crippen molar-refractivity contribution in [3.8, 4) is 0 Å². The Bertz CT molecular complexity index is 764. The van der Waals surface area contributed by atoms with E-state index in [-0.39, 0.29) is 41.2 Å². The van der Waals surface area contributed by atoms with Gasteiger partial charge in [-0.25, -0.2) is 0 Å². The smallest absolute Gasteiger partial charge is 0.324 e. The molecule has 0 aromatic heterocycles. The van der Waals surface area contributed by atoms with Crippen LogP contribution in [0.1, 0.15) is 24.8 Å². The molecule has 0 spiro atoms. The molecule has 3 aliphatic rings. The van der Waals surface area contributed by atoms with E-state index in [0.29, 0.717) is 0 Å². The molecular formula is C18H17F3N2O3. The number of hydrogen-bond acceptors (Lipinski definition) is 3. The van der Waals surface area contributed by atoms with Gasteiger partial charge in [-0.1, -0.05) is 12.1 Å². The van der Waals surface area contributed by atoms with Crippen molar-refractivity contribution < 1.29 is 27.6 Å². The minimum Gasteiger partial charge on any atom is -0.324 e. The number of halogens is 3. The van der Waals surface area contributed by atoms with Crippen molar-refractivity contribution in [1.29, 1.82) is 0 Å². The predicted molar refractivity (Wildman–Crippen MR) is 84.6 cm³/mol. The zero-order valence-electron chi connectivity index (χ0n) is 13.8. The van der Waals surface area contributed by atoms with Gasteiger partial charge in [-0.2, -0.15) is 13.2 Å². The maximum atomic E-state index is 13.0. The summed E-state index contributed by atoms with van der Waals surface area (Å²) in [4.78, 5) is 38.2. The molecule has 2 aliphatic carbocycles. The summed E-state index contributed by atoms with van der Waals surface area (Å²) in [6, 6.07) is 4.61. The number of likely N-dealkylation sites (tertiary alicyclic amines) is 1. The molecule has 0 radical (unpaired) electrons. The maximum Gasteiger partial charge on any atom is 0.418 e. The molecule has 26 heavy (non-hydrogen) atoms. The molecule has 3 fully saturated rings. The first-order valence-corrected chi connectivity index (χ1v) is 8.58. The number of rotatable bonds is 3. The summed E-state index contributed by atoms with van der Waals surface area (Å²) in [6.07, 6.45) is -1.89. The van der Waals surface area contributed by atoms with Crippen molar-refractivity contribution in [2.24, 2.45) is 23.7 Å². The lowest BCUT2D eigenvalue weighted by Crippen LogP contribution is -2.39. The van der Waals surface area contributed by atoms with Crippen LogP contribution in [0.4, 0.5) is 18.9 Å². The third-order valence-corrected chi connectivity index (χ3v) is 5.83. The van der Waals surface area contributed by atoms with Crippen molar-refractivity contribution in [3.05, 3.63) is 29.8 Å².